The van der Waals surface area contributed by atoms with E-state index in [0.29, 0.717) is 28.6 Å². The molecule has 86 valence electrons. The van der Waals surface area contributed by atoms with Gasteiger partial charge in [0, 0.05) is 23.7 Å². The molecular formula is C10H13N3O2S. The summed E-state index contributed by atoms with van der Waals surface area (Å²) in [6.07, 6.45) is 5.25. The molecule has 0 aromatic carbocycles. The molecule has 1 aromatic heterocycles. The fourth-order valence-corrected chi connectivity index (χ4v) is 1.83. The summed E-state index contributed by atoms with van der Waals surface area (Å²) in [5.41, 5.74) is 6.00. The number of nitrogens with two attached hydrogens (primary N) is 1. The van der Waals surface area contributed by atoms with E-state index in [0.717, 1.165) is 0 Å². The van der Waals surface area contributed by atoms with Crippen molar-refractivity contribution in [1.82, 2.24) is 9.97 Å². The van der Waals surface area contributed by atoms with Gasteiger partial charge < -0.3 is 10.8 Å². The second kappa shape index (κ2) is 6.12. The Bertz CT molecular complexity index is 407. The quantitative estimate of drug-likeness (QED) is 0.599. The fourth-order valence-electron chi connectivity index (χ4n) is 1.05. The van der Waals surface area contributed by atoms with Gasteiger partial charge in [-0.15, -0.1) is 0 Å². The van der Waals surface area contributed by atoms with Crippen LogP contribution in [0.4, 0.5) is 5.82 Å². The third kappa shape index (κ3) is 3.54. The topological polar surface area (TPSA) is 89.1 Å². The van der Waals surface area contributed by atoms with E-state index in [1.807, 2.05) is 0 Å². The molecule has 3 N–H and O–H groups in total. The van der Waals surface area contributed by atoms with Gasteiger partial charge in [-0.1, -0.05) is 24.8 Å². The first-order valence-electron chi connectivity index (χ1n) is 4.76. The van der Waals surface area contributed by atoms with Crippen LogP contribution in [0.15, 0.2) is 29.1 Å². The molecule has 0 saturated carbocycles. The van der Waals surface area contributed by atoms with E-state index in [1.165, 1.54) is 18.0 Å². The Kier molecular flexibility index (Phi) is 4.78. The summed E-state index contributed by atoms with van der Waals surface area (Å²) in [6, 6.07) is 0. The predicted molar refractivity (Wildman–Crippen MR) is 63.2 cm³/mol. The minimum atomic E-state index is -0.879. The van der Waals surface area contributed by atoms with Gasteiger partial charge in [-0.05, 0) is 6.42 Å². The summed E-state index contributed by atoms with van der Waals surface area (Å²) in [7, 11) is 0. The van der Waals surface area contributed by atoms with Crippen LogP contribution in [0.2, 0.25) is 0 Å². The van der Waals surface area contributed by atoms with Gasteiger partial charge in [-0.25, -0.2) is 14.8 Å². The van der Waals surface area contributed by atoms with E-state index < -0.39 is 5.97 Å². The largest absolute Gasteiger partial charge is 0.478 e. The maximum atomic E-state index is 10.7. The zero-order chi connectivity index (χ0) is 12.0. The van der Waals surface area contributed by atoms with Gasteiger partial charge in [0.05, 0.1) is 0 Å². The number of rotatable bonds is 5. The highest BCUT2D eigenvalue weighted by molar-refractivity contribution is 7.99. The highest BCUT2D eigenvalue weighted by atomic mass is 32.2. The van der Waals surface area contributed by atoms with Crippen LogP contribution in [0, 0.1) is 0 Å². The van der Waals surface area contributed by atoms with E-state index in [4.69, 9.17) is 10.8 Å². The van der Waals surface area contributed by atoms with Crippen LogP contribution in [0.3, 0.4) is 0 Å². The van der Waals surface area contributed by atoms with E-state index in [9.17, 15) is 4.79 Å². The van der Waals surface area contributed by atoms with Crippen LogP contribution in [0.1, 0.15) is 13.3 Å². The predicted octanol–water partition coefficient (Wildman–Crippen LogP) is 1.57. The average Bonchev–Trinajstić information content (AvgIpc) is 2.26. The number of hydrogen-bond donors (Lipinski definition) is 2. The summed E-state index contributed by atoms with van der Waals surface area (Å²) in [5, 5.41) is 9.42. The molecule has 0 aliphatic heterocycles. The zero-order valence-electron chi connectivity index (χ0n) is 8.88. The van der Waals surface area contributed by atoms with Gasteiger partial charge in [0.2, 0.25) is 0 Å². The Morgan fingerprint density at radius 2 is 2.25 bits per heavy atom. The minimum absolute atomic E-state index is 0.370. The molecule has 0 amide bonds. The molecule has 0 saturated heterocycles. The second-order valence-electron chi connectivity index (χ2n) is 2.95. The van der Waals surface area contributed by atoms with E-state index in [-0.39, 0.29) is 0 Å². The lowest BCUT2D eigenvalue weighted by Gasteiger charge is -2.01. The summed E-state index contributed by atoms with van der Waals surface area (Å²) in [6.45, 7) is 1.81. The monoisotopic (exact) mass is 239 g/mol. The molecule has 1 aromatic rings. The van der Waals surface area contributed by atoms with Crippen molar-refractivity contribution in [3.05, 3.63) is 24.0 Å². The van der Waals surface area contributed by atoms with Gasteiger partial charge in [-0.2, -0.15) is 0 Å². The summed E-state index contributed by atoms with van der Waals surface area (Å²) in [4.78, 5) is 18.6. The molecule has 1 rings (SSSR count). The van der Waals surface area contributed by atoms with Crippen LogP contribution in [0.25, 0.3) is 0 Å². The number of thioether (sulfide) groups is 1. The summed E-state index contributed by atoms with van der Waals surface area (Å²) in [5.74, 6) is 0.0164. The van der Waals surface area contributed by atoms with Crippen LogP contribution in [-0.2, 0) is 4.79 Å². The van der Waals surface area contributed by atoms with Crippen molar-refractivity contribution in [2.45, 2.75) is 18.4 Å². The Labute approximate surface area is 97.8 Å². The lowest BCUT2D eigenvalue weighted by molar-refractivity contribution is -0.132. The molecule has 0 bridgehead atoms. The van der Waals surface area contributed by atoms with Gasteiger partial charge >= 0.3 is 5.97 Å². The third-order valence-corrected chi connectivity index (χ3v) is 2.82. The lowest BCUT2D eigenvalue weighted by atomic mass is 10.2. The molecule has 5 nitrogen and oxygen atoms in total. The number of carbonyl (C=O) groups is 1. The second-order valence-corrected chi connectivity index (χ2v) is 3.95. The first-order chi connectivity index (χ1) is 7.65. The molecule has 6 heteroatoms. The molecule has 0 radical (unpaired) electrons. The van der Waals surface area contributed by atoms with Crippen LogP contribution >= 0.6 is 11.8 Å². The van der Waals surface area contributed by atoms with Crippen molar-refractivity contribution in [2.24, 2.45) is 0 Å². The molecule has 0 atom stereocenters. The van der Waals surface area contributed by atoms with Gasteiger partial charge in [0.25, 0.3) is 0 Å². The van der Waals surface area contributed by atoms with Gasteiger partial charge in [0.15, 0.2) is 5.82 Å². The van der Waals surface area contributed by atoms with Crippen molar-refractivity contribution < 1.29 is 9.90 Å². The average molecular weight is 239 g/mol. The summed E-state index contributed by atoms with van der Waals surface area (Å²) < 4.78 is 0. The Balaban J connectivity index is 2.59. The number of hydrogen-bond acceptors (Lipinski definition) is 5. The molecule has 0 unspecified atom stereocenters. The Morgan fingerprint density at radius 1 is 1.56 bits per heavy atom. The van der Waals surface area contributed by atoms with E-state index in [2.05, 4.69) is 9.97 Å². The first kappa shape index (κ1) is 12.5. The molecule has 1 heterocycles. The van der Waals surface area contributed by atoms with E-state index in [1.54, 1.807) is 19.2 Å². The number of aliphatic carboxylic acids is 1. The van der Waals surface area contributed by atoms with Crippen molar-refractivity contribution >= 4 is 23.5 Å². The SMILES string of the molecule is CCC(=CCSc1nccnc1N)C(=O)O. The molecule has 0 fully saturated rings. The normalized spacial score (nSPS) is 11.4. The zero-order valence-corrected chi connectivity index (χ0v) is 9.70. The van der Waals surface area contributed by atoms with Crippen molar-refractivity contribution in [3.63, 3.8) is 0 Å². The summed E-state index contributed by atoms with van der Waals surface area (Å²) >= 11 is 1.37. The lowest BCUT2D eigenvalue weighted by Crippen LogP contribution is -2.00. The highest BCUT2D eigenvalue weighted by Crippen LogP contribution is 2.20. The molecule has 0 spiro atoms. The van der Waals surface area contributed by atoms with Crippen molar-refractivity contribution in [1.29, 1.82) is 0 Å². The molecule has 0 aliphatic carbocycles. The van der Waals surface area contributed by atoms with Crippen molar-refractivity contribution in [3.8, 4) is 0 Å². The maximum absolute atomic E-state index is 10.7. The highest BCUT2D eigenvalue weighted by Gasteiger charge is 2.04. The molecule has 0 aliphatic rings. The van der Waals surface area contributed by atoms with Crippen molar-refractivity contribution in [2.75, 3.05) is 11.5 Å². The number of carboxylic acid groups (broad SMARTS) is 1. The third-order valence-electron chi connectivity index (χ3n) is 1.90. The minimum Gasteiger partial charge on any atom is -0.478 e. The fraction of sp³-hybridized carbons (Fsp3) is 0.300. The number of anilines is 1. The van der Waals surface area contributed by atoms with Crippen LogP contribution in [0.5, 0.6) is 0 Å². The number of carboxylic acids is 1. The number of nitrogen functional groups attached to an aromatic ring is 1. The molecular weight excluding hydrogens is 226 g/mol. The Hall–Kier alpha value is -1.56. The van der Waals surface area contributed by atoms with Crippen LogP contribution in [-0.4, -0.2) is 26.8 Å². The van der Waals surface area contributed by atoms with Gasteiger partial charge in [0.1, 0.15) is 5.03 Å². The number of nitrogens with zero attached hydrogens (tertiary/aromatic N) is 2. The van der Waals surface area contributed by atoms with Crippen LogP contribution < -0.4 is 5.73 Å². The molecule has 16 heavy (non-hydrogen) atoms. The standard InChI is InChI=1S/C10H13N3O2S/c1-2-7(10(14)15)3-6-16-9-8(11)12-4-5-13-9/h3-5H,2,6H2,1H3,(H2,11,12)(H,14,15). The van der Waals surface area contributed by atoms with Gasteiger partial charge in [-0.3, -0.25) is 0 Å². The smallest absolute Gasteiger partial charge is 0.331 e. The van der Waals surface area contributed by atoms with E-state index >= 15 is 0 Å². The first-order valence-corrected chi connectivity index (χ1v) is 5.75. The Morgan fingerprint density at radius 3 is 2.81 bits per heavy atom. The maximum Gasteiger partial charge on any atom is 0.331 e. The number of aromatic nitrogens is 2.